The molecule has 0 aliphatic carbocycles. The fourth-order valence-corrected chi connectivity index (χ4v) is 3.70. The lowest BCUT2D eigenvalue weighted by molar-refractivity contribution is -0.113. The van der Waals surface area contributed by atoms with E-state index in [4.69, 9.17) is 16.3 Å². The van der Waals surface area contributed by atoms with E-state index in [1.165, 1.54) is 0 Å². The maximum atomic E-state index is 10.0. The summed E-state index contributed by atoms with van der Waals surface area (Å²) >= 11 is 9.57. The summed E-state index contributed by atoms with van der Waals surface area (Å²) < 4.78 is 8.48. The molecule has 0 bridgehead atoms. The smallest absolute Gasteiger partial charge is 0.155 e. The zero-order valence-corrected chi connectivity index (χ0v) is 14.2. The molecule has 0 radical (unpaired) electrons. The molecule has 0 saturated carbocycles. The molecule has 3 rings (SSSR count). The van der Waals surface area contributed by atoms with Crippen molar-refractivity contribution in [2.24, 2.45) is 0 Å². The van der Waals surface area contributed by atoms with E-state index in [9.17, 15) is 5.11 Å². The van der Waals surface area contributed by atoms with Crippen LogP contribution in [0.4, 0.5) is 0 Å². The van der Waals surface area contributed by atoms with Crippen LogP contribution < -0.4 is 0 Å². The summed E-state index contributed by atoms with van der Waals surface area (Å²) in [4.78, 5) is 8.66. The van der Waals surface area contributed by atoms with Crippen molar-refractivity contribution in [1.82, 2.24) is 14.4 Å². The van der Waals surface area contributed by atoms with Gasteiger partial charge in [0.2, 0.25) is 0 Å². The monoisotopic (exact) mass is 373 g/mol. The van der Waals surface area contributed by atoms with E-state index < -0.39 is 5.60 Å². The highest BCUT2D eigenvalue weighted by molar-refractivity contribution is 9.10. The molecule has 3 heterocycles. The minimum Gasteiger partial charge on any atom is -0.388 e. The Morgan fingerprint density at radius 1 is 1.48 bits per heavy atom. The lowest BCUT2D eigenvalue weighted by atomic mass is 9.90. The molecular formula is C14H17BrClN3O2. The number of aromatic nitrogens is 3. The Bertz CT molecular complexity index is 660. The van der Waals surface area contributed by atoms with Gasteiger partial charge in [-0.05, 0) is 42.6 Å². The topological polar surface area (TPSA) is 59.7 Å². The van der Waals surface area contributed by atoms with E-state index >= 15 is 0 Å². The molecule has 1 N–H and O–H groups in total. The molecule has 0 aromatic carbocycles. The molecule has 0 spiro atoms. The van der Waals surface area contributed by atoms with Gasteiger partial charge in [0.1, 0.15) is 15.9 Å². The third-order valence-electron chi connectivity index (χ3n) is 3.92. The summed E-state index contributed by atoms with van der Waals surface area (Å²) in [7, 11) is 0. The van der Waals surface area contributed by atoms with Crippen molar-refractivity contribution in [3.05, 3.63) is 28.0 Å². The fourth-order valence-electron chi connectivity index (χ4n) is 2.78. The van der Waals surface area contributed by atoms with E-state index in [-0.39, 0.29) is 12.0 Å². The molecule has 1 saturated heterocycles. The predicted molar refractivity (Wildman–Crippen MR) is 83.7 cm³/mol. The summed E-state index contributed by atoms with van der Waals surface area (Å²) in [5.74, 6) is 1.09. The van der Waals surface area contributed by atoms with E-state index in [0.717, 1.165) is 24.2 Å². The minimum absolute atomic E-state index is 0.131. The van der Waals surface area contributed by atoms with Gasteiger partial charge in [0.25, 0.3) is 0 Å². The molecule has 1 aliphatic heterocycles. The minimum atomic E-state index is -0.812. The molecule has 1 fully saturated rings. The number of rotatable bonds is 2. The van der Waals surface area contributed by atoms with Crippen LogP contribution in [-0.2, 0) is 4.74 Å². The first-order valence-electron chi connectivity index (χ1n) is 6.90. The van der Waals surface area contributed by atoms with Gasteiger partial charge in [-0.3, -0.25) is 4.40 Å². The summed E-state index contributed by atoms with van der Waals surface area (Å²) in [5, 5.41) is 10.5. The number of hydrogen-bond acceptors (Lipinski definition) is 4. The third kappa shape index (κ3) is 2.82. The Kier molecular flexibility index (Phi) is 3.98. The SMILES string of the molecule is CC(C)(O)C1CCC(c2nc(Br)c3c(Cl)nccn23)CO1. The first-order valence-corrected chi connectivity index (χ1v) is 8.07. The number of hydrogen-bond donors (Lipinski definition) is 1. The molecule has 2 unspecified atom stereocenters. The Morgan fingerprint density at radius 2 is 2.24 bits per heavy atom. The second-order valence-electron chi connectivity index (χ2n) is 5.95. The molecule has 1 aliphatic rings. The van der Waals surface area contributed by atoms with Crippen molar-refractivity contribution in [2.75, 3.05) is 6.61 Å². The second kappa shape index (κ2) is 5.50. The van der Waals surface area contributed by atoms with Crippen molar-refractivity contribution in [1.29, 1.82) is 0 Å². The molecular weight excluding hydrogens is 358 g/mol. The van der Waals surface area contributed by atoms with Crippen LogP contribution in [0.5, 0.6) is 0 Å². The zero-order chi connectivity index (χ0) is 15.2. The van der Waals surface area contributed by atoms with Crippen LogP contribution in [0.2, 0.25) is 5.15 Å². The van der Waals surface area contributed by atoms with E-state index in [2.05, 4.69) is 25.9 Å². The lowest BCUT2D eigenvalue weighted by Crippen LogP contribution is -2.42. The second-order valence-corrected chi connectivity index (χ2v) is 7.06. The van der Waals surface area contributed by atoms with E-state index in [1.807, 2.05) is 10.6 Å². The van der Waals surface area contributed by atoms with Crippen LogP contribution in [0, 0.1) is 0 Å². The summed E-state index contributed by atoms with van der Waals surface area (Å²) in [6.45, 7) is 4.11. The Balaban J connectivity index is 1.88. The molecule has 2 aromatic rings. The van der Waals surface area contributed by atoms with Gasteiger partial charge < -0.3 is 9.84 Å². The molecule has 2 atom stereocenters. The number of aliphatic hydroxyl groups is 1. The summed E-state index contributed by atoms with van der Waals surface area (Å²) in [5.41, 5.74) is -0.0354. The normalized spacial score (nSPS) is 23.7. The van der Waals surface area contributed by atoms with Crippen LogP contribution in [0.3, 0.4) is 0 Å². The number of fused-ring (bicyclic) bond motifs is 1. The highest BCUT2D eigenvalue weighted by atomic mass is 79.9. The van der Waals surface area contributed by atoms with Gasteiger partial charge in [0.05, 0.1) is 18.3 Å². The molecule has 7 heteroatoms. The average Bonchev–Trinajstić information content (AvgIpc) is 2.77. The quantitative estimate of drug-likeness (QED) is 0.877. The van der Waals surface area contributed by atoms with Gasteiger partial charge in [-0.2, -0.15) is 0 Å². The Hall–Kier alpha value is -0.690. The number of nitrogens with zero attached hydrogens (tertiary/aromatic N) is 3. The van der Waals surface area contributed by atoms with E-state index in [0.29, 0.717) is 16.4 Å². The van der Waals surface area contributed by atoms with E-state index in [1.54, 1.807) is 20.0 Å². The van der Waals surface area contributed by atoms with Crippen LogP contribution in [0.25, 0.3) is 5.52 Å². The van der Waals surface area contributed by atoms with Crippen LogP contribution in [0.15, 0.2) is 17.0 Å². The van der Waals surface area contributed by atoms with Gasteiger partial charge in [0, 0.05) is 18.3 Å². The number of imidazole rings is 1. The molecule has 0 amide bonds. The number of ether oxygens (including phenoxy) is 1. The molecule has 21 heavy (non-hydrogen) atoms. The average molecular weight is 375 g/mol. The van der Waals surface area contributed by atoms with Gasteiger partial charge in [-0.1, -0.05) is 11.6 Å². The van der Waals surface area contributed by atoms with Crippen molar-refractivity contribution in [3.8, 4) is 0 Å². The Morgan fingerprint density at radius 3 is 2.86 bits per heavy atom. The van der Waals surface area contributed by atoms with Crippen LogP contribution >= 0.6 is 27.5 Å². The standard InChI is InChI=1S/C14H17BrClN3O2/c1-14(2,20)9-4-3-8(7-21-9)13-18-11(15)10-12(16)17-5-6-19(10)13/h5-6,8-9,20H,3-4,7H2,1-2H3. The Labute approximate surface area is 136 Å². The van der Waals surface area contributed by atoms with Crippen molar-refractivity contribution >= 4 is 33.0 Å². The molecule has 2 aromatic heterocycles. The predicted octanol–water partition coefficient (Wildman–Crippen LogP) is 3.18. The largest absolute Gasteiger partial charge is 0.388 e. The summed E-state index contributed by atoms with van der Waals surface area (Å²) in [6.07, 6.45) is 5.11. The lowest BCUT2D eigenvalue weighted by Gasteiger charge is -2.35. The van der Waals surface area contributed by atoms with Gasteiger partial charge in [0.15, 0.2) is 5.15 Å². The van der Waals surface area contributed by atoms with Gasteiger partial charge in [-0.15, -0.1) is 0 Å². The first kappa shape index (κ1) is 15.2. The fraction of sp³-hybridized carbons (Fsp3) is 0.571. The molecule has 5 nitrogen and oxygen atoms in total. The van der Waals surface area contributed by atoms with Crippen molar-refractivity contribution in [3.63, 3.8) is 0 Å². The molecule has 114 valence electrons. The maximum absolute atomic E-state index is 10.0. The van der Waals surface area contributed by atoms with Crippen LogP contribution in [-0.4, -0.2) is 37.8 Å². The van der Waals surface area contributed by atoms with Gasteiger partial charge >= 0.3 is 0 Å². The third-order valence-corrected chi connectivity index (χ3v) is 4.75. The maximum Gasteiger partial charge on any atom is 0.155 e. The van der Waals surface area contributed by atoms with Crippen molar-refractivity contribution < 1.29 is 9.84 Å². The zero-order valence-electron chi connectivity index (χ0n) is 11.9. The highest BCUT2D eigenvalue weighted by Crippen LogP contribution is 2.34. The summed E-state index contributed by atoms with van der Waals surface area (Å²) in [6, 6.07) is 0. The van der Waals surface area contributed by atoms with Crippen LogP contribution in [0.1, 0.15) is 38.4 Å². The van der Waals surface area contributed by atoms with Gasteiger partial charge in [-0.25, -0.2) is 9.97 Å². The number of halogens is 2. The highest BCUT2D eigenvalue weighted by Gasteiger charge is 2.34. The van der Waals surface area contributed by atoms with Crippen molar-refractivity contribution in [2.45, 2.75) is 44.3 Å². The first-order chi connectivity index (χ1) is 9.88.